The molecule has 3 N–H and O–H groups in total. The van der Waals surface area contributed by atoms with Gasteiger partial charge < -0.3 is 5.43 Å². The van der Waals surface area contributed by atoms with E-state index in [2.05, 4.69) is 10.4 Å². The van der Waals surface area contributed by atoms with Gasteiger partial charge in [0.2, 0.25) is 5.03 Å². The highest BCUT2D eigenvalue weighted by atomic mass is 32.2. The highest BCUT2D eigenvalue weighted by Gasteiger charge is 2.35. The van der Waals surface area contributed by atoms with Crippen LogP contribution in [-0.2, 0) is 10.0 Å². The van der Waals surface area contributed by atoms with Gasteiger partial charge in [-0.15, -0.1) is 0 Å². The van der Waals surface area contributed by atoms with Crippen LogP contribution < -0.4 is 11.3 Å². The molecule has 2 aromatic rings. The topological polar surface area (TPSA) is 92.7 Å². The van der Waals surface area contributed by atoms with E-state index in [-0.39, 0.29) is 10.8 Å². The molecule has 0 spiro atoms. The summed E-state index contributed by atoms with van der Waals surface area (Å²) in [6.07, 6.45) is 2.55. The number of nitrogens with one attached hydrogen (secondary N) is 1. The van der Waals surface area contributed by atoms with Crippen molar-refractivity contribution in [2.45, 2.75) is 18.4 Å². The van der Waals surface area contributed by atoms with E-state index in [1.807, 2.05) is 6.92 Å². The Bertz CT molecular complexity index is 739. The SMILES string of the molecule is CC1CCN(S(=O)(=O)c2c(NN)nc3ccccn23)C1. The van der Waals surface area contributed by atoms with E-state index in [0.29, 0.717) is 24.7 Å². The van der Waals surface area contributed by atoms with E-state index < -0.39 is 10.0 Å². The third-order valence-electron chi connectivity index (χ3n) is 3.59. The van der Waals surface area contributed by atoms with Gasteiger partial charge in [-0.3, -0.25) is 4.40 Å². The fraction of sp³-hybridized carbons (Fsp3) is 0.417. The molecule has 0 aromatic carbocycles. The van der Waals surface area contributed by atoms with Crippen molar-refractivity contribution in [2.24, 2.45) is 11.8 Å². The van der Waals surface area contributed by atoms with Crippen LogP contribution in [0.4, 0.5) is 5.82 Å². The number of sulfonamides is 1. The number of aromatic nitrogens is 2. The van der Waals surface area contributed by atoms with Crippen LogP contribution in [0, 0.1) is 5.92 Å². The molecule has 0 aliphatic carbocycles. The lowest BCUT2D eigenvalue weighted by Crippen LogP contribution is -2.30. The first-order valence-electron chi connectivity index (χ1n) is 6.48. The number of anilines is 1. The minimum Gasteiger partial charge on any atom is -0.306 e. The molecule has 3 rings (SSSR count). The second-order valence-electron chi connectivity index (χ2n) is 5.10. The number of nitrogens with two attached hydrogens (primary N) is 1. The number of rotatable bonds is 3. The Morgan fingerprint density at radius 1 is 1.45 bits per heavy atom. The molecule has 1 saturated heterocycles. The van der Waals surface area contributed by atoms with Crippen LogP contribution in [0.5, 0.6) is 0 Å². The monoisotopic (exact) mass is 295 g/mol. The number of hydrogen-bond acceptors (Lipinski definition) is 5. The minimum atomic E-state index is -3.61. The number of fused-ring (bicyclic) bond motifs is 1. The Hall–Kier alpha value is -1.64. The van der Waals surface area contributed by atoms with Crippen molar-refractivity contribution in [2.75, 3.05) is 18.5 Å². The fourth-order valence-electron chi connectivity index (χ4n) is 2.55. The van der Waals surface area contributed by atoms with E-state index in [4.69, 9.17) is 5.84 Å². The number of imidazole rings is 1. The third-order valence-corrected chi connectivity index (χ3v) is 5.48. The van der Waals surface area contributed by atoms with Crippen LogP contribution in [0.2, 0.25) is 0 Å². The lowest BCUT2D eigenvalue weighted by atomic mass is 10.2. The van der Waals surface area contributed by atoms with E-state index >= 15 is 0 Å². The molecule has 20 heavy (non-hydrogen) atoms. The second kappa shape index (κ2) is 4.72. The Balaban J connectivity index is 2.17. The normalized spacial score (nSPS) is 20.6. The molecule has 1 aliphatic rings. The van der Waals surface area contributed by atoms with Crippen LogP contribution in [0.1, 0.15) is 13.3 Å². The molecule has 1 aliphatic heterocycles. The van der Waals surface area contributed by atoms with Gasteiger partial charge in [-0.2, -0.15) is 4.31 Å². The molecule has 1 unspecified atom stereocenters. The Labute approximate surface area is 117 Å². The van der Waals surface area contributed by atoms with Gasteiger partial charge in [0.25, 0.3) is 10.0 Å². The summed E-state index contributed by atoms with van der Waals surface area (Å²) in [5.74, 6) is 5.98. The van der Waals surface area contributed by atoms with Crippen molar-refractivity contribution in [1.29, 1.82) is 0 Å². The zero-order valence-electron chi connectivity index (χ0n) is 11.2. The van der Waals surface area contributed by atoms with Gasteiger partial charge in [0.1, 0.15) is 5.65 Å². The van der Waals surface area contributed by atoms with Gasteiger partial charge in [-0.1, -0.05) is 13.0 Å². The van der Waals surface area contributed by atoms with E-state index in [1.54, 1.807) is 28.8 Å². The zero-order chi connectivity index (χ0) is 14.3. The molecule has 7 nitrogen and oxygen atoms in total. The van der Waals surface area contributed by atoms with Gasteiger partial charge in [0.05, 0.1) is 0 Å². The van der Waals surface area contributed by atoms with Crippen molar-refractivity contribution < 1.29 is 8.42 Å². The summed E-state index contributed by atoms with van der Waals surface area (Å²) in [5, 5.41) is 0.102. The summed E-state index contributed by atoms with van der Waals surface area (Å²) >= 11 is 0. The number of hydrogen-bond donors (Lipinski definition) is 2. The average Bonchev–Trinajstić information content (AvgIpc) is 3.02. The number of pyridine rings is 1. The molecule has 0 saturated carbocycles. The predicted octanol–water partition coefficient (Wildman–Crippen LogP) is 0.650. The second-order valence-corrected chi connectivity index (χ2v) is 6.95. The first-order chi connectivity index (χ1) is 9.54. The molecule has 108 valence electrons. The van der Waals surface area contributed by atoms with Crippen molar-refractivity contribution in [1.82, 2.24) is 13.7 Å². The molecule has 8 heteroatoms. The van der Waals surface area contributed by atoms with E-state index in [9.17, 15) is 8.42 Å². The number of nitrogens with zero attached hydrogens (tertiary/aromatic N) is 3. The molecule has 0 amide bonds. The van der Waals surface area contributed by atoms with Crippen molar-refractivity contribution >= 4 is 21.5 Å². The summed E-state index contributed by atoms with van der Waals surface area (Å²) in [7, 11) is -3.61. The van der Waals surface area contributed by atoms with E-state index in [0.717, 1.165) is 6.42 Å². The van der Waals surface area contributed by atoms with Crippen LogP contribution in [0.15, 0.2) is 29.4 Å². The lowest BCUT2D eigenvalue weighted by molar-refractivity contribution is 0.461. The molecule has 0 radical (unpaired) electrons. The minimum absolute atomic E-state index is 0.102. The quantitative estimate of drug-likeness (QED) is 0.640. The Morgan fingerprint density at radius 3 is 2.90 bits per heavy atom. The summed E-state index contributed by atoms with van der Waals surface area (Å²) in [5.41, 5.74) is 2.94. The van der Waals surface area contributed by atoms with Crippen LogP contribution in [0.25, 0.3) is 5.65 Å². The van der Waals surface area contributed by atoms with Crippen LogP contribution in [-0.4, -0.2) is 35.2 Å². The molecule has 0 bridgehead atoms. The maximum absolute atomic E-state index is 12.8. The van der Waals surface area contributed by atoms with Crippen molar-refractivity contribution in [3.8, 4) is 0 Å². The van der Waals surface area contributed by atoms with Crippen molar-refractivity contribution in [3.63, 3.8) is 0 Å². The van der Waals surface area contributed by atoms with Crippen LogP contribution >= 0.6 is 0 Å². The maximum atomic E-state index is 12.8. The number of nitrogen functional groups attached to an aromatic ring is 1. The summed E-state index contributed by atoms with van der Waals surface area (Å²) in [6.45, 7) is 3.12. The summed E-state index contributed by atoms with van der Waals surface area (Å²) in [6, 6.07) is 5.31. The lowest BCUT2D eigenvalue weighted by Gasteiger charge is -2.16. The van der Waals surface area contributed by atoms with E-state index in [1.165, 1.54) is 4.31 Å². The van der Waals surface area contributed by atoms with Gasteiger partial charge >= 0.3 is 0 Å². The fourth-order valence-corrected chi connectivity index (χ4v) is 4.34. The van der Waals surface area contributed by atoms with Gasteiger partial charge in [0.15, 0.2) is 5.82 Å². The molecule has 1 fully saturated rings. The first kappa shape index (κ1) is 13.3. The highest BCUT2D eigenvalue weighted by molar-refractivity contribution is 7.89. The predicted molar refractivity (Wildman–Crippen MR) is 75.5 cm³/mol. The van der Waals surface area contributed by atoms with Gasteiger partial charge in [-0.25, -0.2) is 19.2 Å². The Morgan fingerprint density at radius 2 is 2.25 bits per heavy atom. The maximum Gasteiger partial charge on any atom is 0.262 e. The van der Waals surface area contributed by atoms with Crippen LogP contribution in [0.3, 0.4) is 0 Å². The molecule has 2 aromatic heterocycles. The zero-order valence-corrected chi connectivity index (χ0v) is 12.0. The van der Waals surface area contributed by atoms with Gasteiger partial charge in [-0.05, 0) is 24.5 Å². The summed E-state index contributed by atoms with van der Waals surface area (Å²) < 4.78 is 28.7. The molecular weight excluding hydrogens is 278 g/mol. The Kier molecular flexibility index (Phi) is 3.15. The smallest absolute Gasteiger partial charge is 0.262 e. The number of hydrazine groups is 1. The molecule has 1 atom stereocenters. The third kappa shape index (κ3) is 1.96. The summed E-state index contributed by atoms with van der Waals surface area (Å²) in [4.78, 5) is 4.21. The standard InChI is InChI=1S/C12H17N5O2S/c1-9-5-7-16(8-9)20(18,19)12-11(15-13)14-10-4-2-3-6-17(10)12/h2-4,6,9,15H,5,7-8,13H2,1H3. The average molecular weight is 295 g/mol. The highest BCUT2D eigenvalue weighted by Crippen LogP contribution is 2.29. The van der Waals surface area contributed by atoms with Gasteiger partial charge in [0, 0.05) is 19.3 Å². The van der Waals surface area contributed by atoms with Crippen molar-refractivity contribution in [3.05, 3.63) is 24.4 Å². The molecular formula is C12H17N5O2S. The largest absolute Gasteiger partial charge is 0.306 e. The molecule has 3 heterocycles. The first-order valence-corrected chi connectivity index (χ1v) is 7.92.